The fraction of sp³-hybridized carbons (Fsp3) is 0.554. The highest BCUT2D eigenvalue weighted by Crippen LogP contribution is 2.55. The highest BCUT2D eigenvalue weighted by Gasteiger charge is 2.46. The Morgan fingerprint density at radius 2 is 1.01 bits per heavy atom. The molecule has 5 N–H and O–H groups in total. The smallest absolute Gasteiger partial charge is 0.333 e. The zero-order valence-electron chi connectivity index (χ0n) is 63.2. The van der Waals surface area contributed by atoms with Crippen LogP contribution < -0.4 is 9.80 Å². The number of rotatable bonds is 48. The van der Waals surface area contributed by atoms with Crippen molar-refractivity contribution in [1.82, 2.24) is 5.06 Å². The molecule has 1 fully saturated rings. The number of benzene rings is 4. The number of allylic oxidation sites excluding steroid dienone is 9. The molecule has 0 bridgehead atoms. The van der Waals surface area contributed by atoms with Gasteiger partial charge in [-0.3, -0.25) is 32.4 Å². The first-order valence-corrected chi connectivity index (χ1v) is 44.3. The largest absolute Gasteiger partial charge is 0.382 e. The standard InChI is InChI=1S/C74H100ClN3O29S5/c1-6-10-55-47-54(73(2,24-9-46-108(82,83)84)70-60-48-56(109(85,86)87)50-64(111(91,92)93)58(60)17-19-62(70)76(55)27-29-100-35-37-104-42-43-106-45-44-105-41-39-102-33-31-98-5)16-14-52-11-7-12-53(72(52)75)15-21-66-74(3,25-28-99-34-36-103-40-38-101-32-30-97-4)71-61-49-57(110(88,89)90)51-65(112(94,95)96)59(61)18-20-63(71)77(66)26-8-13-69(81)107-78-67(79)22-23-68(78)80/h14-21,47-51,55H,6-13,22-46H2,1-5H3,(H,82,83,84)(H,85,86,87)(H,88,89,90)(H,91,92,93)(H,94,95,96)/b16-14+,53-15+,66-21+. The molecule has 3 aliphatic heterocycles. The Balaban J connectivity index is 1.22. The van der Waals surface area contributed by atoms with Gasteiger partial charge in [0.2, 0.25) is 0 Å². The second-order valence-corrected chi connectivity index (χ2v) is 34.9. The van der Waals surface area contributed by atoms with E-state index in [1.807, 2.05) is 22.8 Å². The number of carbonyl (C=O) groups is 3. The molecule has 4 aliphatic rings. The summed E-state index contributed by atoms with van der Waals surface area (Å²) in [5.41, 5.74) is 0.716. The van der Waals surface area contributed by atoms with E-state index in [9.17, 15) is 79.2 Å². The van der Waals surface area contributed by atoms with Crippen LogP contribution in [0, 0.1) is 0 Å². The lowest BCUT2D eigenvalue weighted by molar-refractivity contribution is -0.197. The van der Waals surface area contributed by atoms with Crippen LogP contribution in [0.1, 0.15) is 109 Å². The summed E-state index contributed by atoms with van der Waals surface area (Å²) in [6.07, 6.45) is 10.5. The van der Waals surface area contributed by atoms with Crippen molar-refractivity contribution in [1.29, 1.82) is 0 Å². The van der Waals surface area contributed by atoms with Gasteiger partial charge >= 0.3 is 5.97 Å². The third-order valence-electron chi connectivity index (χ3n) is 19.5. The number of halogens is 1. The Hall–Kier alpha value is -6.25. The van der Waals surface area contributed by atoms with E-state index in [0.29, 0.717) is 142 Å². The third kappa shape index (κ3) is 24.7. The Morgan fingerprint density at radius 3 is 1.48 bits per heavy atom. The van der Waals surface area contributed by atoms with Crippen molar-refractivity contribution >= 4 is 113 Å². The molecule has 0 radical (unpaired) electrons. The number of imide groups is 1. The molecular weight excluding hydrogens is 1590 g/mol. The average Bonchev–Trinajstić information content (AvgIpc) is 1.50. The average molecular weight is 1690 g/mol. The Kier molecular flexibility index (Phi) is 33.9. The number of amides is 2. The summed E-state index contributed by atoms with van der Waals surface area (Å²) < 4.78 is 240. The molecule has 3 unspecified atom stereocenters. The van der Waals surface area contributed by atoms with Crippen LogP contribution in [0.25, 0.3) is 21.5 Å². The van der Waals surface area contributed by atoms with Gasteiger partial charge in [0, 0.05) is 103 Å². The Bertz CT molecular complexity index is 4750. The molecule has 3 heterocycles. The normalized spacial score (nSPS) is 19.5. The highest BCUT2D eigenvalue weighted by molar-refractivity contribution is 7.87. The minimum absolute atomic E-state index is 0.00594. The predicted octanol–water partition coefficient (Wildman–Crippen LogP) is 8.84. The van der Waals surface area contributed by atoms with Crippen LogP contribution in [-0.4, -0.2) is 246 Å². The van der Waals surface area contributed by atoms with Gasteiger partial charge in [-0.15, -0.1) is 5.06 Å². The van der Waals surface area contributed by atoms with E-state index in [0.717, 1.165) is 12.1 Å². The Morgan fingerprint density at radius 1 is 0.536 bits per heavy atom. The van der Waals surface area contributed by atoms with E-state index in [4.69, 9.17) is 63.8 Å². The second kappa shape index (κ2) is 41.5. The molecular formula is C74H100ClN3O29S5. The van der Waals surface area contributed by atoms with Crippen LogP contribution in [0.15, 0.2) is 126 Å². The van der Waals surface area contributed by atoms with Gasteiger partial charge in [-0.2, -0.15) is 42.1 Å². The monoisotopic (exact) mass is 1690 g/mol. The van der Waals surface area contributed by atoms with Crippen molar-refractivity contribution in [2.45, 2.75) is 134 Å². The van der Waals surface area contributed by atoms with Crippen molar-refractivity contribution < 1.29 is 131 Å². The number of hydroxylamine groups is 2. The van der Waals surface area contributed by atoms with Crippen LogP contribution in [0.2, 0.25) is 0 Å². The van der Waals surface area contributed by atoms with Crippen molar-refractivity contribution in [3.05, 3.63) is 117 Å². The summed E-state index contributed by atoms with van der Waals surface area (Å²) >= 11 is 7.61. The molecule has 1 saturated heterocycles. The lowest BCUT2D eigenvalue weighted by atomic mass is 9.70. The van der Waals surface area contributed by atoms with E-state index in [1.165, 1.54) is 12.1 Å². The van der Waals surface area contributed by atoms with Gasteiger partial charge in [0.25, 0.3) is 62.4 Å². The van der Waals surface area contributed by atoms with E-state index < -0.39 is 111 Å². The molecule has 622 valence electrons. The molecule has 0 aromatic heterocycles. The van der Waals surface area contributed by atoms with Gasteiger partial charge in [-0.25, -0.2) is 4.79 Å². The molecule has 3 atom stereocenters. The van der Waals surface area contributed by atoms with E-state index in [1.54, 1.807) is 64.5 Å². The lowest BCUT2D eigenvalue weighted by Gasteiger charge is -2.36. The maximum Gasteiger partial charge on any atom is 0.333 e. The second-order valence-electron chi connectivity index (χ2n) is 27.3. The number of anilines is 2. The summed E-state index contributed by atoms with van der Waals surface area (Å²) in [4.78, 5) is 44.0. The van der Waals surface area contributed by atoms with Crippen LogP contribution >= 0.6 is 11.6 Å². The van der Waals surface area contributed by atoms with Gasteiger partial charge in [0.1, 0.15) is 9.79 Å². The van der Waals surface area contributed by atoms with Crippen molar-refractivity contribution in [2.75, 3.05) is 162 Å². The van der Waals surface area contributed by atoms with Crippen LogP contribution in [0.5, 0.6) is 0 Å². The quantitative estimate of drug-likeness (QED) is 0.0156. The Labute approximate surface area is 659 Å². The molecule has 8 rings (SSSR count). The van der Waals surface area contributed by atoms with Gasteiger partial charge in [0.05, 0.1) is 128 Å². The first-order valence-electron chi connectivity index (χ1n) is 36.6. The first-order chi connectivity index (χ1) is 53.1. The summed E-state index contributed by atoms with van der Waals surface area (Å²) in [7, 11) is -22.3. The third-order valence-corrected chi connectivity index (χ3v) is 24.3. The van der Waals surface area contributed by atoms with E-state index in [-0.39, 0.29) is 156 Å². The van der Waals surface area contributed by atoms with Gasteiger partial charge in [-0.05, 0) is 139 Å². The van der Waals surface area contributed by atoms with Crippen molar-refractivity contribution in [3.63, 3.8) is 0 Å². The highest BCUT2D eigenvalue weighted by atomic mass is 35.5. The van der Waals surface area contributed by atoms with Crippen molar-refractivity contribution in [3.8, 4) is 0 Å². The molecule has 0 spiro atoms. The first kappa shape index (κ1) is 91.3. The molecule has 32 nitrogen and oxygen atoms in total. The molecule has 0 saturated carbocycles. The fourth-order valence-corrected chi connectivity index (χ4v) is 17.7. The topological polar surface area (TPSA) is 434 Å². The van der Waals surface area contributed by atoms with E-state index in [2.05, 4.69) is 0 Å². The number of ether oxygens (including phenoxy) is 10. The molecule has 4 aromatic rings. The zero-order valence-corrected chi connectivity index (χ0v) is 68.1. The molecule has 1 aliphatic carbocycles. The number of methoxy groups -OCH3 is 2. The van der Waals surface area contributed by atoms with Crippen molar-refractivity contribution in [2.24, 2.45) is 0 Å². The molecule has 4 aromatic carbocycles. The van der Waals surface area contributed by atoms with Gasteiger partial charge in [0.15, 0.2) is 0 Å². The number of hydrogen-bond donors (Lipinski definition) is 5. The van der Waals surface area contributed by atoms with Crippen LogP contribution in [0.3, 0.4) is 0 Å². The zero-order chi connectivity index (χ0) is 81.7. The number of carbonyl (C=O) groups excluding carboxylic acids is 3. The van der Waals surface area contributed by atoms with Gasteiger partial charge in [-0.1, -0.05) is 68.3 Å². The number of nitrogens with zero attached hydrogens (tertiary/aromatic N) is 3. The molecule has 2 amide bonds. The van der Waals surface area contributed by atoms with Gasteiger partial charge < -0.3 is 62.0 Å². The summed E-state index contributed by atoms with van der Waals surface area (Å²) in [5.74, 6) is -3.04. The number of hydrogen-bond acceptors (Lipinski definition) is 26. The van der Waals surface area contributed by atoms with Crippen LogP contribution in [-0.2, 0) is 128 Å². The minimum Gasteiger partial charge on any atom is -0.382 e. The SMILES string of the molecule is CCCC1C=C(/C=C/C2=C(Cl)C(=C/C=C3/N(CCCC(=O)ON4C(=O)CCC4=O)c4ccc5c(S(=O)(=O)O)cc(S(=O)(=O)O)cc5c4C3(C)CCOCCOCCOCCOC)/CCC2)C(C)(CCCS(=O)(=O)O)c2c(ccc3c(S(=O)(=O)O)cc(S(=O)(=O)O)cc23)N1CCOCCOCCOCCOCCOCCOC. The maximum atomic E-state index is 13.4. The fourth-order valence-electron chi connectivity index (χ4n) is 14.2. The summed E-state index contributed by atoms with van der Waals surface area (Å²) in [6.45, 7) is 10.6. The molecule has 112 heavy (non-hydrogen) atoms. The predicted molar refractivity (Wildman–Crippen MR) is 412 cm³/mol. The van der Waals surface area contributed by atoms with E-state index >= 15 is 0 Å². The summed E-state index contributed by atoms with van der Waals surface area (Å²) in [6, 6.07) is 8.88. The molecule has 38 heteroatoms. The maximum absolute atomic E-state index is 13.4. The lowest BCUT2D eigenvalue weighted by Crippen LogP contribution is -2.37. The summed E-state index contributed by atoms with van der Waals surface area (Å²) in [5, 5.41) is 0.377. The van der Waals surface area contributed by atoms with Crippen LogP contribution in [0.4, 0.5) is 11.4 Å². The minimum atomic E-state index is -5.25. The number of fused-ring (bicyclic) bond motifs is 6.